The molecule has 0 saturated carbocycles. The molecule has 0 bridgehead atoms. The van der Waals surface area contributed by atoms with E-state index in [9.17, 15) is 5.11 Å². The molecule has 0 rings (SSSR count). The molecule has 0 aromatic rings. The monoisotopic (exact) mass is 241 g/mol. The molecule has 0 saturated heterocycles. The molecule has 0 aliphatic carbocycles. The first-order chi connectivity index (χ1) is 7.79. The van der Waals surface area contributed by atoms with Crippen molar-refractivity contribution >= 4 is 0 Å². The Morgan fingerprint density at radius 2 is 1.53 bits per heavy atom. The largest absolute Gasteiger partial charge is 0.232 e. The van der Waals surface area contributed by atoms with E-state index in [-0.39, 0.29) is 5.41 Å². The smallest absolute Gasteiger partial charge is 0.0993 e. The van der Waals surface area contributed by atoms with Gasteiger partial charge in [-0.2, -0.15) is 0 Å². The van der Waals surface area contributed by atoms with Crippen molar-refractivity contribution in [3.05, 3.63) is 0 Å². The van der Waals surface area contributed by atoms with Crippen LogP contribution < -0.4 is 0 Å². The molecule has 0 heterocycles. The van der Waals surface area contributed by atoms with Crippen molar-refractivity contribution in [2.45, 2.75) is 80.3 Å². The number of rotatable bonds is 7. The normalized spacial score (nSPS) is 19.8. The summed E-state index contributed by atoms with van der Waals surface area (Å²) in [6.07, 6.45) is 3.96. The van der Waals surface area contributed by atoms with Crippen LogP contribution in [0.4, 0.5) is 0 Å². The van der Waals surface area contributed by atoms with Gasteiger partial charge in [0.25, 0.3) is 0 Å². The summed E-state index contributed by atoms with van der Waals surface area (Å²) in [6.45, 7) is 15.5. The highest BCUT2D eigenvalue weighted by atomic mass is 16.3. The summed E-state index contributed by atoms with van der Waals surface area (Å²) in [7, 11) is 0. The molecule has 0 aliphatic rings. The van der Waals surface area contributed by atoms with Crippen LogP contribution in [0.1, 0.15) is 74.1 Å². The molecule has 1 heteroatoms. The minimum atomic E-state index is -0.394. The van der Waals surface area contributed by atoms with E-state index in [0.29, 0.717) is 17.8 Å². The van der Waals surface area contributed by atoms with Crippen LogP contribution in [-0.4, -0.2) is 6.10 Å². The summed E-state index contributed by atoms with van der Waals surface area (Å²) < 4.78 is 0. The van der Waals surface area contributed by atoms with Crippen molar-refractivity contribution in [3.8, 4) is 0 Å². The maximum Gasteiger partial charge on any atom is 0.0993 e. The van der Waals surface area contributed by atoms with Gasteiger partial charge >= 0.3 is 0 Å². The van der Waals surface area contributed by atoms with Crippen LogP contribution in [0.5, 0.6) is 0 Å². The predicted octanol–water partition coefficient (Wildman–Crippen LogP) is 5.32. The van der Waals surface area contributed by atoms with E-state index in [0.717, 1.165) is 25.7 Å². The Bertz CT molecular complexity index is 192. The number of hydrogen-bond donors (Lipinski definition) is 0. The molecule has 0 fully saturated rings. The molecule has 4 atom stereocenters. The zero-order valence-electron chi connectivity index (χ0n) is 13.0. The van der Waals surface area contributed by atoms with Crippen molar-refractivity contribution in [1.82, 2.24) is 0 Å². The first-order valence-corrected chi connectivity index (χ1v) is 7.45. The van der Waals surface area contributed by atoms with E-state index in [1.54, 1.807) is 0 Å². The Hall–Kier alpha value is -0.0400. The lowest BCUT2D eigenvalue weighted by Crippen LogP contribution is -2.38. The molecule has 17 heavy (non-hydrogen) atoms. The first-order valence-electron chi connectivity index (χ1n) is 7.45. The highest BCUT2D eigenvalue weighted by Crippen LogP contribution is 2.38. The third-order valence-corrected chi connectivity index (χ3v) is 4.38. The highest BCUT2D eigenvalue weighted by molar-refractivity contribution is 4.85. The molecule has 0 amide bonds. The van der Waals surface area contributed by atoms with Crippen LogP contribution in [0, 0.1) is 23.2 Å². The maximum absolute atomic E-state index is 12.8. The average Bonchev–Trinajstić information content (AvgIpc) is 2.24. The lowest BCUT2D eigenvalue weighted by atomic mass is 9.68. The van der Waals surface area contributed by atoms with E-state index in [1.165, 1.54) is 0 Å². The lowest BCUT2D eigenvalue weighted by Gasteiger charge is -2.38. The quantitative estimate of drug-likeness (QED) is 0.575. The number of hydrogen-bond acceptors (Lipinski definition) is 0. The van der Waals surface area contributed by atoms with Crippen LogP contribution in [0.25, 0.3) is 0 Å². The first kappa shape index (κ1) is 17.0. The van der Waals surface area contributed by atoms with Crippen molar-refractivity contribution < 1.29 is 5.11 Å². The van der Waals surface area contributed by atoms with Crippen LogP contribution >= 0.6 is 0 Å². The summed E-state index contributed by atoms with van der Waals surface area (Å²) in [4.78, 5) is 0. The zero-order valence-corrected chi connectivity index (χ0v) is 13.0. The van der Waals surface area contributed by atoms with Crippen molar-refractivity contribution in [3.63, 3.8) is 0 Å². The van der Waals surface area contributed by atoms with Crippen LogP contribution in [0.3, 0.4) is 0 Å². The second-order valence-corrected chi connectivity index (χ2v) is 6.68. The van der Waals surface area contributed by atoms with E-state index in [4.69, 9.17) is 0 Å². The average molecular weight is 241 g/mol. The fraction of sp³-hybridized carbons (Fsp3) is 1.00. The van der Waals surface area contributed by atoms with Crippen molar-refractivity contribution in [2.24, 2.45) is 23.2 Å². The van der Waals surface area contributed by atoms with Gasteiger partial charge in [-0.1, -0.05) is 67.7 Å². The molecule has 1 nitrogen and oxygen atoms in total. The van der Waals surface area contributed by atoms with Gasteiger partial charge in [0, 0.05) is 0 Å². The third kappa shape index (κ3) is 4.99. The van der Waals surface area contributed by atoms with Gasteiger partial charge in [0.15, 0.2) is 0 Å². The third-order valence-electron chi connectivity index (χ3n) is 4.38. The minimum Gasteiger partial charge on any atom is -0.232 e. The molecule has 0 aliphatic heterocycles. The van der Waals surface area contributed by atoms with Gasteiger partial charge in [0.2, 0.25) is 0 Å². The van der Waals surface area contributed by atoms with Crippen molar-refractivity contribution in [2.75, 3.05) is 0 Å². The van der Waals surface area contributed by atoms with Crippen LogP contribution in [0.15, 0.2) is 0 Å². The lowest BCUT2D eigenvalue weighted by molar-refractivity contribution is -0.0676. The summed E-state index contributed by atoms with van der Waals surface area (Å²) in [6, 6.07) is 0. The highest BCUT2D eigenvalue weighted by Gasteiger charge is 2.37. The fourth-order valence-electron chi connectivity index (χ4n) is 2.96. The van der Waals surface area contributed by atoms with Gasteiger partial charge in [-0.05, 0) is 29.6 Å². The van der Waals surface area contributed by atoms with E-state index >= 15 is 0 Å². The molecule has 0 aromatic carbocycles. The zero-order chi connectivity index (χ0) is 13.6. The van der Waals surface area contributed by atoms with Gasteiger partial charge in [-0.3, -0.25) is 0 Å². The standard InChI is InChI=1S/C16H33O/c1-8-11-14(16(5,6)7)15(17)13(10-3)12(4)9-2/h12-15H,8-11H2,1-7H3. The molecule has 103 valence electrons. The van der Waals surface area contributed by atoms with E-state index in [2.05, 4.69) is 48.5 Å². The molecule has 0 N–H and O–H groups in total. The van der Waals surface area contributed by atoms with Gasteiger partial charge in [-0.15, -0.1) is 0 Å². The summed E-state index contributed by atoms with van der Waals surface area (Å²) in [5.41, 5.74) is 0.142. The second kappa shape index (κ2) is 7.41. The molecule has 4 unspecified atom stereocenters. The minimum absolute atomic E-state index is 0.142. The Balaban J connectivity index is 4.85. The molecular weight excluding hydrogens is 208 g/mol. The van der Waals surface area contributed by atoms with Gasteiger partial charge in [0.1, 0.15) is 0 Å². The summed E-state index contributed by atoms with van der Waals surface area (Å²) in [5.74, 6) is 1.21. The van der Waals surface area contributed by atoms with Crippen molar-refractivity contribution in [1.29, 1.82) is 0 Å². The predicted molar refractivity (Wildman–Crippen MR) is 75.6 cm³/mol. The van der Waals surface area contributed by atoms with Crippen LogP contribution in [0.2, 0.25) is 0 Å². The summed E-state index contributed by atoms with van der Waals surface area (Å²) in [5, 5.41) is 12.8. The Kier molecular flexibility index (Phi) is 7.39. The summed E-state index contributed by atoms with van der Waals surface area (Å²) >= 11 is 0. The SMILES string of the molecule is CCCC(C([O])C(CC)C(C)CC)C(C)(C)C. The Morgan fingerprint density at radius 3 is 1.82 bits per heavy atom. The molecule has 0 aromatic heterocycles. The Morgan fingerprint density at radius 1 is 1.00 bits per heavy atom. The molecule has 1 radical (unpaired) electrons. The van der Waals surface area contributed by atoms with Gasteiger partial charge in [0.05, 0.1) is 6.10 Å². The van der Waals surface area contributed by atoms with E-state index in [1.807, 2.05) is 0 Å². The van der Waals surface area contributed by atoms with Gasteiger partial charge < -0.3 is 0 Å². The topological polar surface area (TPSA) is 19.9 Å². The fourth-order valence-corrected chi connectivity index (χ4v) is 2.96. The van der Waals surface area contributed by atoms with Crippen LogP contribution in [-0.2, 0) is 5.11 Å². The molecular formula is C16H33O. The second-order valence-electron chi connectivity index (χ2n) is 6.68. The van der Waals surface area contributed by atoms with Gasteiger partial charge in [-0.25, -0.2) is 5.11 Å². The molecule has 0 spiro atoms. The maximum atomic E-state index is 12.8. The van der Waals surface area contributed by atoms with E-state index < -0.39 is 6.10 Å². The Labute approximate surface area is 109 Å².